The molecule has 4 aliphatic rings. The molecule has 566 valence electrons. The third-order valence-corrected chi connectivity index (χ3v) is 21.2. The van der Waals surface area contributed by atoms with E-state index >= 15 is 0 Å². The Morgan fingerprint density at radius 2 is 0.773 bits per heavy atom. The van der Waals surface area contributed by atoms with Crippen molar-refractivity contribution in [3.05, 3.63) is 263 Å². The third-order valence-electron chi connectivity index (χ3n) is 20.5. The summed E-state index contributed by atoms with van der Waals surface area (Å²) in [7, 11) is 12.9. The number of likely N-dealkylation sites (N-methyl/N-ethyl adjacent to an activating group) is 2. The molecule has 14 rings (SSSR count). The van der Waals surface area contributed by atoms with Crippen LogP contribution >= 0.6 is 9.39 Å². The van der Waals surface area contributed by atoms with E-state index in [1.54, 1.807) is 31.4 Å². The van der Waals surface area contributed by atoms with Gasteiger partial charge in [0, 0.05) is 37.3 Å². The number of H-pyrrole nitrogens is 4. The molecule has 23 nitrogen and oxygen atoms in total. The van der Waals surface area contributed by atoms with Crippen LogP contribution in [-0.4, -0.2) is 178 Å². The van der Waals surface area contributed by atoms with E-state index in [0.29, 0.717) is 48.7 Å². The maximum absolute atomic E-state index is 13.9. The first-order chi connectivity index (χ1) is 53.4. The number of rotatable bonds is 20. The number of aromatic amines is 4. The molecule has 6 aromatic carbocycles. The lowest BCUT2D eigenvalue weighted by molar-refractivity contribution is -0.145. The van der Waals surface area contributed by atoms with E-state index < -0.39 is 35.8 Å². The summed E-state index contributed by atoms with van der Waals surface area (Å²) >= 11 is 0. The summed E-state index contributed by atoms with van der Waals surface area (Å²) in [4.78, 5) is 118. The van der Waals surface area contributed by atoms with Crippen LogP contribution in [0.4, 0.5) is 0 Å². The van der Waals surface area contributed by atoms with Gasteiger partial charge in [0.15, 0.2) is 0 Å². The highest BCUT2D eigenvalue weighted by Gasteiger charge is 2.41. The molecule has 110 heavy (non-hydrogen) atoms. The van der Waals surface area contributed by atoms with E-state index in [2.05, 4.69) is 72.6 Å². The summed E-state index contributed by atoms with van der Waals surface area (Å²) < 4.78 is 12.1. The first-order valence-electron chi connectivity index (χ1n) is 37.2. The van der Waals surface area contributed by atoms with Gasteiger partial charge in [-0.25, -0.2) is 19.9 Å². The highest BCUT2D eigenvalue weighted by molar-refractivity contribution is 7.13. The highest BCUT2D eigenvalue weighted by Crippen LogP contribution is 2.39. The Balaban J connectivity index is 0.000000179. The number of carboxylic acid groups (broad SMARTS) is 1. The van der Waals surface area contributed by atoms with Gasteiger partial charge in [0.1, 0.15) is 46.8 Å². The van der Waals surface area contributed by atoms with Gasteiger partial charge in [-0.3, -0.25) is 43.2 Å². The zero-order valence-corrected chi connectivity index (χ0v) is 63.9. The van der Waals surface area contributed by atoms with Crippen LogP contribution in [0.2, 0.25) is 0 Å². The van der Waals surface area contributed by atoms with Crippen LogP contribution in [0.3, 0.4) is 0 Å². The number of likely N-dealkylation sites (tertiary alicyclic amines) is 3. The molecule has 1 unspecified atom stereocenters. The number of ether oxygens (including phenoxy) is 2. The number of carbonyl (C=O) groups is 6. The van der Waals surface area contributed by atoms with Gasteiger partial charge < -0.3 is 49.2 Å². The zero-order valence-electron chi connectivity index (χ0n) is 62.8. The van der Waals surface area contributed by atoms with Gasteiger partial charge >= 0.3 is 17.9 Å². The van der Waals surface area contributed by atoms with Crippen LogP contribution in [0.1, 0.15) is 180 Å². The first-order valence-corrected chi connectivity index (χ1v) is 37.7. The van der Waals surface area contributed by atoms with Crippen LogP contribution in [0.15, 0.2) is 195 Å². The molecule has 0 bridgehead atoms. The lowest BCUT2D eigenvalue weighted by atomic mass is 9.94. The van der Waals surface area contributed by atoms with Gasteiger partial charge in [-0.15, -0.1) is 0 Å². The minimum atomic E-state index is -0.823. The fraction of sp³-hybridized carbons (Fsp3) is 0.326. The SMILES string of the molecule is CN(C)[C@@H](C(=O)O)c1ccccc1.COC(=O)C[C@@H](C(=O)N1CCC[C@H]1c1ncc(C#Cc2ccc(-c3cnc([C@@H]4CCCN4C(=O)[C@@H](c4ccccc4)N(C)C)[nH]3)cc2)[nH]1)c1ccccc1.COC(=O)C[C@@H](C(=O)N1CCC[C@H]1c1ncc(C#Cc2ccc(-c3cnc([C@@H]4CCCN4P)[nH]3)cc2)[nH]1)c1ccccc1. The normalized spacial score (nSPS) is 17.8. The molecule has 4 aliphatic heterocycles. The van der Waals surface area contributed by atoms with Crippen molar-refractivity contribution < 1.29 is 43.3 Å². The summed E-state index contributed by atoms with van der Waals surface area (Å²) in [5.41, 5.74) is 10.3. The molecule has 24 heteroatoms. The average molecular weight is 1500 g/mol. The molecule has 0 saturated carbocycles. The Morgan fingerprint density at radius 1 is 0.436 bits per heavy atom. The number of hydrogen-bond acceptors (Lipinski definition) is 15. The summed E-state index contributed by atoms with van der Waals surface area (Å²) in [6, 6.07) is 52.8. The summed E-state index contributed by atoms with van der Waals surface area (Å²) in [6.07, 6.45) is 14.4. The van der Waals surface area contributed by atoms with Crippen molar-refractivity contribution in [2.45, 2.75) is 112 Å². The Labute approximate surface area is 643 Å². The standard InChI is InChI=1S/C43H45N7O4.C33H35N6O3P.C10H13NO2/c1-48(2)39(32-14-8-5-9-15-32)43(53)50-25-11-17-37(50)41-45-28-35(47-41)31-21-18-29(19-22-31)20-23-33-27-44-40(46-33)36-16-10-24-49(36)42(52)34(26-38(51)54-3)30-12-6-4-7-13-30;1-42-30(40)19-26(23-7-3-2-4-8-23)33(41)38-17-5-9-28(38)31-34-20-25(36-31)16-13-22-11-14-24(15-12-22)27-21-35-32(37-27)29-10-6-18-39(29)43;1-11(2)9(10(12)13)8-6-4-3-5-7-8/h4-9,12-15,18-19,21-22,27-28,34,36-37,39H,10-11,16-17,24-26H2,1-3H3,(H,44,46)(H,45,47);2-4,7-8,11-12,14-15,20-21,26,28-29H,5-6,9-10,17-19,43H2,1H3,(H,34,36)(H,35,37);3-7,9H,1-2H3,(H,12,13)/t34-,36+,37+,39-;26-,28+,29+;9-/m111/s1. The van der Waals surface area contributed by atoms with Crippen molar-refractivity contribution in [3.63, 3.8) is 0 Å². The maximum atomic E-state index is 13.9. The Morgan fingerprint density at radius 3 is 1.14 bits per heavy atom. The van der Waals surface area contributed by atoms with Crippen LogP contribution in [0, 0.1) is 23.7 Å². The van der Waals surface area contributed by atoms with Gasteiger partial charge in [-0.2, -0.15) is 0 Å². The van der Waals surface area contributed by atoms with E-state index in [9.17, 15) is 28.8 Å². The van der Waals surface area contributed by atoms with E-state index in [1.165, 1.54) is 20.6 Å². The van der Waals surface area contributed by atoms with Gasteiger partial charge in [-0.05, 0) is 149 Å². The van der Waals surface area contributed by atoms with Gasteiger partial charge in [-0.1, -0.05) is 167 Å². The number of imidazole rings is 4. The topological polar surface area (TPSA) is 275 Å². The van der Waals surface area contributed by atoms with Gasteiger partial charge in [0.2, 0.25) is 17.7 Å². The van der Waals surface area contributed by atoms with Crippen LogP contribution < -0.4 is 0 Å². The minimum absolute atomic E-state index is 0.00517. The number of hydrogen-bond donors (Lipinski definition) is 5. The van der Waals surface area contributed by atoms with Crippen LogP contribution in [-0.2, 0) is 38.2 Å². The molecule has 4 saturated heterocycles. The van der Waals surface area contributed by atoms with Crippen LogP contribution in [0.5, 0.6) is 0 Å². The molecule has 10 aromatic rings. The first kappa shape index (κ1) is 78.0. The van der Waals surface area contributed by atoms with Gasteiger partial charge in [0.05, 0.1) is 99.2 Å². The highest BCUT2D eigenvalue weighted by atomic mass is 31.0. The number of nitrogens with zero attached hydrogens (tertiary/aromatic N) is 10. The smallest absolute Gasteiger partial charge is 0.325 e. The largest absolute Gasteiger partial charge is 0.480 e. The van der Waals surface area contributed by atoms with Crippen molar-refractivity contribution in [1.29, 1.82) is 0 Å². The maximum Gasteiger partial charge on any atom is 0.325 e. The lowest BCUT2D eigenvalue weighted by Gasteiger charge is -2.31. The number of carboxylic acids is 1. The van der Waals surface area contributed by atoms with Crippen molar-refractivity contribution in [2.24, 2.45) is 0 Å². The number of carbonyl (C=O) groups excluding carboxylic acids is 5. The molecule has 0 spiro atoms. The van der Waals surface area contributed by atoms with Crippen molar-refractivity contribution in [2.75, 3.05) is 68.6 Å². The number of nitrogens with one attached hydrogen (secondary N) is 4. The van der Waals surface area contributed by atoms with Gasteiger partial charge in [0.25, 0.3) is 0 Å². The Bertz CT molecular complexity index is 4890. The van der Waals surface area contributed by atoms with E-state index in [-0.39, 0.29) is 54.7 Å². The number of esters is 2. The quantitative estimate of drug-likeness (QED) is 0.0269. The average Bonchev–Trinajstić information content (AvgIpc) is 1.66. The van der Waals surface area contributed by atoms with E-state index in [4.69, 9.17) is 19.6 Å². The molecule has 0 aliphatic carbocycles. The number of methoxy groups -OCH3 is 2. The molecular formula is C86H93N14O9P. The fourth-order valence-corrected chi connectivity index (χ4v) is 15.4. The van der Waals surface area contributed by atoms with Crippen LogP contribution in [0.25, 0.3) is 22.5 Å². The van der Waals surface area contributed by atoms with E-state index in [0.717, 1.165) is 119 Å². The molecule has 5 N–H and O–H groups in total. The second kappa shape index (κ2) is 37.0. The Hall–Kier alpha value is -11.6. The zero-order chi connectivity index (χ0) is 77.2. The fourth-order valence-electron chi connectivity index (χ4n) is 14.9. The predicted octanol–water partition coefficient (Wildman–Crippen LogP) is 12.7. The number of aliphatic carboxylic acids is 1. The van der Waals surface area contributed by atoms with E-state index in [1.807, 2.05) is 216 Å². The molecule has 9 atom stereocenters. The molecule has 4 fully saturated rings. The molecule has 0 radical (unpaired) electrons. The predicted molar refractivity (Wildman–Crippen MR) is 422 cm³/mol. The summed E-state index contributed by atoms with van der Waals surface area (Å²) in [5.74, 6) is 12.9. The number of benzene rings is 6. The summed E-state index contributed by atoms with van der Waals surface area (Å²) in [5, 5.41) is 8.96. The number of amides is 3. The molecule has 4 aromatic heterocycles. The molecular weight excluding hydrogens is 1400 g/mol. The molecule has 3 amide bonds. The number of aromatic nitrogens is 8. The summed E-state index contributed by atoms with van der Waals surface area (Å²) in [6.45, 7) is 2.96. The monoisotopic (exact) mass is 1500 g/mol. The van der Waals surface area contributed by atoms with Crippen molar-refractivity contribution >= 4 is 45.0 Å². The third kappa shape index (κ3) is 19.1. The van der Waals surface area contributed by atoms with Crippen molar-refractivity contribution in [1.82, 2.24) is 69.0 Å². The van der Waals surface area contributed by atoms with Crippen molar-refractivity contribution in [3.8, 4) is 46.2 Å². The lowest BCUT2D eigenvalue weighted by Crippen LogP contribution is -2.40. The second-order valence-electron chi connectivity index (χ2n) is 28.2. The minimum Gasteiger partial charge on any atom is -0.480 e. The Kier molecular flexibility index (Phi) is 26.2. The molecule has 8 heterocycles. The second-order valence-corrected chi connectivity index (χ2v) is 28.9.